The zero-order valence-electron chi connectivity index (χ0n) is 11.7. The van der Waals surface area contributed by atoms with Crippen molar-refractivity contribution in [2.24, 2.45) is 0 Å². The minimum Gasteiger partial charge on any atom is -0.448 e. The molecule has 5 heteroatoms. The predicted molar refractivity (Wildman–Crippen MR) is 74.4 cm³/mol. The molecule has 1 aromatic rings. The Morgan fingerprint density at radius 1 is 1.45 bits per heavy atom. The Kier molecular flexibility index (Phi) is 3.63. The maximum absolute atomic E-state index is 11.4. The second kappa shape index (κ2) is 5.42. The average Bonchev–Trinajstić information content (AvgIpc) is 3.01. The molecule has 0 spiro atoms. The smallest absolute Gasteiger partial charge is 0.409 e. The van der Waals surface area contributed by atoms with Gasteiger partial charge in [-0.1, -0.05) is 24.3 Å². The fourth-order valence-corrected chi connectivity index (χ4v) is 3.02. The van der Waals surface area contributed by atoms with Crippen LogP contribution in [-0.4, -0.2) is 60.3 Å². The molecule has 0 bridgehead atoms. The average molecular weight is 276 g/mol. The highest BCUT2D eigenvalue weighted by molar-refractivity contribution is 5.69. The molecular formula is C15H20N2O3. The number of fused-ring (bicyclic) bond motifs is 1. The lowest BCUT2D eigenvalue weighted by molar-refractivity contribution is 0.0720. The summed E-state index contributed by atoms with van der Waals surface area (Å²) in [6.45, 7) is 2.54. The number of nitrogens with zero attached hydrogens (tertiary/aromatic N) is 2. The molecule has 3 rings (SSSR count). The lowest BCUT2D eigenvalue weighted by Crippen LogP contribution is -2.41. The first-order chi connectivity index (χ1) is 9.66. The van der Waals surface area contributed by atoms with E-state index in [0.717, 1.165) is 18.5 Å². The highest BCUT2D eigenvalue weighted by atomic mass is 16.6. The summed E-state index contributed by atoms with van der Waals surface area (Å²) in [5.74, 6) is 0. The fraction of sp³-hybridized carbons (Fsp3) is 0.533. The normalized spacial score (nSPS) is 25.1. The maximum Gasteiger partial charge on any atom is 0.409 e. The fourth-order valence-electron chi connectivity index (χ4n) is 3.02. The molecule has 0 unspecified atom stereocenters. The summed E-state index contributed by atoms with van der Waals surface area (Å²) < 4.78 is 4.91. The number of aliphatic hydroxyl groups is 1. The molecule has 1 heterocycles. The van der Waals surface area contributed by atoms with Crippen molar-refractivity contribution in [1.82, 2.24) is 9.80 Å². The van der Waals surface area contributed by atoms with Gasteiger partial charge in [0.25, 0.3) is 0 Å². The van der Waals surface area contributed by atoms with Crippen molar-refractivity contribution in [3.63, 3.8) is 0 Å². The SMILES string of the molecule is CN(CCN1CCOC1=O)[C@H]1Cc2ccccc2[C@H]1O. The summed E-state index contributed by atoms with van der Waals surface area (Å²) in [6.07, 6.45) is 0.188. The van der Waals surface area contributed by atoms with Gasteiger partial charge in [0.15, 0.2) is 0 Å². The molecule has 1 aliphatic heterocycles. The lowest BCUT2D eigenvalue weighted by Gasteiger charge is -2.28. The van der Waals surface area contributed by atoms with Crippen molar-refractivity contribution in [3.8, 4) is 0 Å². The van der Waals surface area contributed by atoms with E-state index in [2.05, 4.69) is 11.0 Å². The van der Waals surface area contributed by atoms with Gasteiger partial charge in [-0.2, -0.15) is 0 Å². The van der Waals surface area contributed by atoms with E-state index in [0.29, 0.717) is 19.7 Å². The van der Waals surface area contributed by atoms with E-state index in [4.69, 9.17) is 4.74 Å². The maximum atomic E-state index is 11.4. The number of ether oxygens (including phenoxy) is 1. The molecule has 1 aromatic carbocycles. The van der Waals surface area contributed by atoms with Gasteiger partial charge in [0.1, 0.15) is 6.61 Å². The molecule has 0 saturated carbocycles. The van der Waals surface area contributed by atoms with Crippen LogP contribution < -0.4 is 0 Å². The third-order valence-electron chi connectivity index (χ3n) is 4.30. The van der Waals surface area contributed by atoms with Crippen LogP contribution in [0.2, 0.25) is 0 Å². The van der Waals surface area contributed by atoms with Crippen LogP contribution >= 0.6 is 0 Å². The van der Waals surface area contributed by atoms with E-state index in [9.17, 15) is 9.90 Å². The van der Waals surface area contributed by atoms with Gasteiger partial charge >= 0.3 is 6.09 Å². The summed E-state index contributed by atoms with van der Waals surface area (Å²) >= 11 is 0. The van der Waals surface area contributed by atoms with Crippen molar-refractivity contribution in [1.29, 1.82) is 0 Å². The molecule has 2 aliphatic rings. The third kappa shape index (κ3) is 2.39. The van der Waals surface area contributed by atoms with Crippen LogP contribution in [0.3, 0.4) is 0 Å². The molecule has 1 fully saturated rings. The summed E-state index contributed by atoms with van der Waals surface area (Å²) in [5.41, 5.74) is 2.25. The van der Waals surface area contributed by atoms with Crippen LogP contribution in [0, 0.1) is 0 Å². The van der Waals surface area contributed by atoms with Crippen LogP contribution in [0.25, 0.3) is 0 Å². The molecule has 1 saturated heterocycles. The second-order valence-corrected chi connectivity index (χ2v) is 5.50. The largest absolute Gasteiger partial charge is 0.448 e. The third-order valence-corrected chi connectivity index (χ3v) is 4.30. The topological polar surface area (TPSA) is 53.0 Å². The number of aliphatic hydroxyl groups excluding tert-OH is 1. The number of hydrogen-bond acceptors (Lipinski definition) is 4. The van der Waals surface area contributed by atoms with Crippen molar-refractivity contribution in [2.45, 2.75) is 18.6 Å². The molecule has 20 heavy (non-hydrogen) atoms. The molecule has 108 valence electrons. The minimum absolute atomic E-state index is 0.0889. The van der Waals surface area contributed by atoms with Gasteiger partial charge in [0.2, 0.25) is 0 Å². The van der Waals surface area contributed by atoms with E-state index < -0.39 is 6.10 Å². The molecule has 2 atom stereocenters. The van der Waals surface area contributed by atoms with Gasteiger partial charge in [0, 0.05) is 19.1 Å². The van der Waals surface area contributed by atoms with Crippen LogP contribution in [0.15, 0.2) is 24.3 Å². The van der Waals surface area contributed by atoms with Crippen molar-refractivity contribution < 1.29 is 14.6 Å². The van der Waals surface area contributed by atoms with Gasteiger partial charge in [-0.25, -0.2) is 4.79 Å². The molecule has 0 aromatic heterocycles. The molecule has 1 N–H and O–H groups in total. The van der Waals surface area contributed by atoms with E-state index >= 15 is 0 Å². The lowest BCUT2D eigenvalue weighted by atomic mass is 10.1. The number of hydrogen-bond donors (Lipinski definition) is 1. The first kappa shape index (κ1) is 13.4. The molecule has 0 radical (unpaired) electrons. The second-order valence-electron chi connectivity index (χ2n) is 5.50. The quantitative estimate of drug-likeness (QED) is 0.892. The molecule has 1 aliphatic carbocycles. The predicted octanol–water partition coefficient (Wildman–Crippen LogP) is 1.03. The monoisotopic (exact) mass is 276 g/mol. The zero-order valence-corrected chi connectivity index (χ0v) is 11.7. The van der Waals surface area contributed by atoms with Crippen molar-refractivity contribution in [3.05, 3.63) is 35.4 Å². The minimum atomic E-state index is -0.443. The molecule has 1 amide bonds. The van der Waals surface area contributed by atoms with Crippen LogP contribution in [0.5, 0.6) is 0 Å². The summed E-state index contributed by atoms with van der Waals surface area (Å²) in [6, 6.07) is 8.13. The number of carbonyl (C=O) groups excluding carboxylic acids is 1. The standard InChI is InChI=1S/C15H20N2O3/c1-16(6-7-17-8-9-20-15(17)19)13-10-11-4-2-3-5-12(11)14(13)18/h2-5,13-14,18H,6-10H2,1H3/t13-,14+/m0/s1. The Morgan fingerprint density at radius 2 is 2.25 bits per heavy atom. The van der Waals surface area contributed by atoms with Crippen LogP contribution in [0.1, 0.15) is 17.2 Å². The summed E-state index contributed by atoms with van der Waals surface area (Å²) in [5, 5.41) is 10.4. The van der Waals surface area contributed by atoms with E-state index in [1.54, 1.807) is 4.90 Å². The Hall–Kier alpha value is -1.59. The van der Waals surface area contributed by atoms with E-state index in [1.165, 1.54) is 5.56 Å². The molecular weight excluding hydrogens is 256 g/mol. The highest BCUT2D eigenvalue weighted by Crippen LogP contribution is 2.33. The first-order valence-corrected chi connectivity index (χ1v) is 7.04. The van der Waals surface area contributed by atoms with Crippen molar-refractivity contribution >= 4 is 6.09 Å². The summed E-state index contributed by atoms with van der Waals surface area (Å²) in [4.78, 5) is 15.2. The van der Waals surface area contributed by atoms with Gasteiger partial charge < -0.3 is 14.7 Å². The number of rotatable bonds is 4. The Bertz CT molecular complexity index is 506. The Labute approximate surface area is 118 Å². The number of cyclic esters (lactones) is 1. The van der Waals surface area contributed by atoms with Crippen LogP contribution in [-0.2, 0) is 11.2 Å². The molecule has 5 nitrogen and oxygen atoms in total. The van der Waals surface area contributed by atoms with Crippen LogP contribution in [0.4, 0.5) is 4.79 Å². The van der Waals surface area contributed by atoms with E-state index in [1.807, 2.05) is 25.2 Å². The van der Waals surface area contributed by atoms with Gasteiger partial charge in [0.05, 0.1) is 12.6 Å². The highest BCUT2D eigenvalue weighted by Gasteiger charge is 2.33. The zero-order chi connectivity index (χ0) is 14.1. The first-order valence-electron chi connectivity index (χ1n) is 7.04. The van der Waals surface area contributed by atoms with Gasteiger partial charge in [-0.05, 0) is 24.6 Å². The number of amides is 1. The number of carbonyl (C=O) groups is 1. The number of likely N-dealkylation sites (N-methyl/N-ethyl adjacent to an activating group) is 1. The Balaban J connectivity index is 1.59. The summed E-state index contributed by atoms with van der Waals surface area (Å²) in [7, 11) is 2.00. The van der Waals surface area contributed by atoms with Gasteiger partial charge in [-0.3, -0.25) is 4.90 Å². The van der Waals surface area contributed by atoms with E-state index in [-0.39, 0.29) is 12.1 Å². The number of benzene rings is 1. The van der Waals surface area contributed by atoms with Gasteiger partial charge in [-0.15, -0.1) is 0 Å². The van der Waals surface area contributed by atoms with Crippen molar-refractivity contribution in [2.75, 3.05) is 33.3 Å². The Morgan fingerprint density at radius 3 is 2.95 bits per heavy atom.